The molecule has 16 heavy (non-hydrogen) atoms. The van der Waals surface area contributed by atoms with Gasteiger partial charge in [0.15, 0.2) is 0 Å². The van der Waals surface area contributed by atoms with Gasteiger partial charge in [0.2, 0.25) is 0 Å². The van der Waals surface area contributed by atoms with E-state index in [0.717, 1.165) is 34.8 Å². The summed E-state index contributed by atoms with van der Waals surface area (Å²) in [6, 6.07) is 6.22. The molecular weight excluding hydrogens is 289 g/mol. The molecule has 4 heteroatoms. The summed E-state index contributed by atoms with van der Waals surface area (Å²) in [7, 11) is 0. The molecular formula is C12H15BrClNO. The van der Waals surface area contributed by atoms with Gasteiger partial charge in [-0.25, -0.2) is 0 Å². The molecule has 1 N–H and O–H groups in total. The van der Waals surface area contributed by atoms with E-state index in [2.05, 4.69) is 28.2 Å². The molecule has 0 spiro atoms. The molecule has 0 aliphatic carbocycles. The third-order valence-corrected chi connectivity index (χ3v) is 3.88. The number of nitrogens with one attached hydrogen (secondary N) is 1. The highest BCUT2D eigenvalue weighted by Crippen LogP contribution is 2.28. The van der Waals surface area contributed by atoms with Crippen LogP contribution >= 0.6 is 27.5 Å². The Balaban J connectivity index is 2.02. The Bertz CT molecular complexity index is 366. The third-order valence-electron chi connectivity index (χ3n) is 2.99. The van der Waals surface area contributed by atoms with Crippen molar-refractivity contribution < 1.29 is 4.74 Å². The van der Waals surface area contributed by atoms with Gasteiger partial charge in [0.05, 0.1) is 6.61 Å². The van der Waals surface area contributed by atoms with Crippen molar-refractivity contribution >= 4 is 33.2 Å². The summed E-state index contributed by atoms with van der Waals surface area (Å²) in [6.07, 6.45) is 1.14. The van der Waals surface area contributed by atoms with E-state index in [1.807, 2.05) is 18.2 Å². The van der Waals surface area contributed by atoms with Crippen molar-refractivity contribution in [2.24, 2.45) is 5.92 Å². The minimum Gasteiger partial charge on any atom is -0.381 e. The largest absolute Gasteiger partial charge is 0.381 e. The van der Waals surface area contributed by atoms with Crippen LogP contribution in [-0.2, 0) is 4.74 Å². The van der Waals surface area contributed by atoms with E-state index in [1.54, 1.807) is 0 Å². The zero-order chi connectivity index (χ0) is 11.5. The van der Waals surface area contributed by atoms with Gasteiger partial charge in [0, 0.05) is 33.7 Å². The van der Waals surface area contributed by atoms with Gasteiger partial charge in [-0.2, -0.15) is 0 Å². The zero-order valence-corrected chi connectivity index (χ0v) is 11.5. The number of anilines is 1. The van der Waals surface area contributed by atoms with Gasteiger partial charge in [-0.15, -0.1) is 0 Å². The summed E-state index contributed by atoms with van der Waals surface area (Å²) in [4.78, 5) is 0. The number of benzene rings is 1. The standard InChI is InChI=1S/C12H15BrClNO/c1-8(9-4-5-16-7-9)15-12-3-2-10(14)6-11(12)13/h2-3,6,8-9,15H,4-5,7H2,1H3. The van der Waals surface area contributed by atoms with Crippen molar-refractivity contribution in [1.29, 1.82) is 0 Å². The highest BCUT2D eigenvalue weighted by atomic mass is 79.9. The fraction of sp³-hybridized carbons (Fsp3) is 0.500. The summed E-state index contributed by atoms with van der Waals surface area (Å²) < 4.78 is 6.40. The molecule has 2 rings (SSSR count). The van der Waals surface area contributed by atoms with Crippen LogP contribution in [0, 0.1) is 5.92 Å². The quantitative estimate of drug-likeness (QED) is 0.913. The van der Waals surface area contributed by atoms with E-state index < -0.39 is 0 Å². The highest BCUT2D eigenvalue weighted by molar-refractivity contribution is 9.10. The third kappa shape index (κ3) is 2.90. The minimum absolute atomic E-state index is 0.417. The zero-order valence-electron chi connectivity index (χ0n) is 9.17. The first kappa shape index (κ1) is 12.2. The summed E-state index contributed by atoms with van der Waals surface area (Å²) in [6.45, 7) is 3.94. The van der Waals surface area contributed by atoms with Crippen LogP contribution < -0.4 is 5.32 Å². The number of rotatable bonds is 3. The van der Waals surface area contributed by atoms with Crippen LogP contribution in [0.5, 0.6) is 0 Å². The molecule has 0 radical (unpaired) electrons. The van der Waals surface area contributed by atoms with E-state index >= 15 is 0 Å². The Kier molecular flexibility index (Phi) is 4.11. The predicted molar refractivity (Wildman–Crippen MR) is 71.2 cm³/mol. The van der Waals surface area contributed by atoms with Crippen molar-refractivity contribution in [2.45, 2.75) is 19.4 Å². The molecule has 1 saturated heterocycles. The molecule has 0 bridgehead atoms. The number of hydrogen-bond donors (Lipinski definition) is 1. The molecule has 88 valence electrons. The van der Waals surface area contributed by atoms with Crippen molar-refractivity contribution in [2.75, 3.05) is 18.5 Å². The Morgan fingerprint density at radius 3 is 3.00 bits per heavy atom. The van der Waals surface area contributed by atoms with Crippen molar-refractivity contribution in [3.05, 3.63) is 27.7 Å². The molecule has 1 aliphatic heterocycles. The Morgan fingerprint density at radius 2 is 2.38 bits per heavy atom. The lowest BCUT2D eigenvalue weighted by molar-refractivity contribution is 0.183. The van der Waals surface area contributed by atoms with E-state index in [1.165, 1.54) is 0 Å². The first-order chi connectivity index (χ1) is 7.66. The van der Waals surface area contributed by atoms with Gasteiger partial charge < -0.3 is 10.1 Å². The maximum Gasteiger partial charge on any atom is 0.0514 e. The molecule has 1 fully saturated rings. The van der Waals surface area contributed by atoms with Crippen LogP contribution in [0.2, 0.25) is 5.02 Å². The maximum atomic E-state index is 5.90. The van der Waals surface area contributed by atoms with Crippen molar-refractivity contribution in [1.82, 2.24) is 0 Å². The molecule has 2 unspecified atom stereocenters. The molecule has 1 aromatic rings. The van der Waals surface area contributed by atoms with Gasteiger partial charge in [-0.1, -0.05) is 11.6 Å². The normalized spacial score (nSPS) is 22.1. The topological polar surface area (TPSA) is 21.3 Å². The summed E-state index contributed by atoms with van der Waals surface area (Å²) >= 11 is 9.41. The van der Waals surface area contributed by atoms with Gasteiger partial charge >= 0.3 is 0 Å². The lowest BCUT2D eigenvalue weighted by atomic mass is 10.0. The Morgan fingerprint density at radius 1 is 1.56 bits per heavy atom. The molecule has 2 atom stereocenters. The van der Waals surface area contributed by atoms with E-state index in [9.17, 15) is 0 Å². The van der Waals surface area contributed by atoms with Crippen LogP contribution in [0.15, 0.2) is 22.7 Å². The first-order valence-electron chi connectivity index (χ1n) is 5.46. The molecule has 1 aliphatic rings. The average Bonchev–Trinajstić information content (AvgIpc) is 2.75. The number of halogens is 2. The van der Waals surface area contributed by atoms with Crippen LogP contribution in [0.3, 0.4) is 0 Å². The fourth-order valence-corrected chi connectivity index (χ4v) is 2.71. The minimum atomic E-state index is 0.417. The predicted octanol–water partition coefficient (Wildman–Crippen LogP) is 3.94. The van der Waals surface area contributed by atoms with Gasteiger partial charge in [0.25, 0.3) is 0 Å². The number of ether oxygens (including phenoxy) is 1. The first-order valence-corrected chi connectivity index (χ1v) is 6.63. The van der Waals surface area contributed by atoms with Gasteiger partial charge in [-0.05, 0) is 47.5 Å². The van der Waals surface area contributed by atoms with Crippen LogP contribution in [-0.4, -0.2) is 19.3 Å². The maximum absolute atomic E-state index is 5.90. The highest BCUT2D eigenvalue weighted by Gasteiger charge is 2.22. The lowest BCUT2D eigenvalue weighted by Gasteiger charge is -2.21. The molecule has 1 aromatic carbocycles. The molecule has 1 heterocycles. The van der Waals surface area contributed by atoms with Crippen LogP contribution in [0.4, 0.5) is 5.69 Å². The Labute approximate surface area is 109 Å². The molecule has 0 amide bonds. The van der Waals surface area contributed by atoms with Crippen molar-refractivity contribution in [3.8, 4) is 0 Å². The lowest BCUT2D eigenvalue weighted by Crippen LogP contribution is -2.26. The molecule has 0 saturated carbocycles. The second-order valence-electron chi connectivity index (χ2n) is 4.18. The second kappa shape index (κ2) is 5.39. The van der Waals surface area contributed by atoms with Crippen molar-refractivity contribution in [3.63, 3.8) is 0 Å². The van der Waals surface area contributed by atoms with Crippen LogP contribution in [0.25, 0.3) is 0 Å². The van der Waals surface area contributed by atoms with E-state index in [4.69, 9.17) is 16.3 Å². The average molecular weight is 305 g/mol. The molecule has 0 aromatic heterocycles. The van der Waals surface area contributed by atoms with Gasteiger partial charge in [0.1, 0.15) is 0 Å². The molecule has 2 nitrogen and oxygen atoms in total. The second-order valence-corrected chi connectivity index (χ2v) is 5.47. The van der Waals surface area contributed by atoms with Crippen LogP contribution in [0.1, 0.15) is 13.3 Å². The van der Waals surface area contributed by atoms with E-state index in [0.29, 0.717) is 12.0 Å². The summed E-state index contributed by atoms with van der Waals surface area (Å²) in [5.41, 5.74) is 1.09. The summed E-state index contributed by atoms with van der Waals surface area (Å²) in [5.74, 6) is 0.600. The number of hydrogen-bond acceptors (Lipinski definition) is 2. The van der Waals surface area contributed by atoms with Gasteiger partial charge in [-0.3, -0.25) is 0 Å². The SMILES string of the molecule is CC(Nc1ccc(Cl)cc1Br)C1CCOC1. The smallest absolute Gasteiger partial charge is 0.0514 e. The Hall–Kier alpha value is -0.250. The monoisotopic (exact) mass is 303 g/mol. The van der Waals surface area contributed by atoms with E-state index in [-0.39, 0.29) is 0 Å². The summed E-state index contributed by atoms with van der Waals surface area (Å²) in [5, 5.41) is 4.24. The fourth-order valence-electron chi connectivity index (χ4n) is 1.92.